The zero-order chi connectivity index (χ0) is 16.6. The highest BCUT2D eigenvalue weighted by Gasteiger charge is 2.35. The molecule has 1 heterocycles. The second-order valence-electron chi connectivity index (χ2n) is 4.89. The highest BCUT2D eigenvalue weighted by molar-refractivity contribution is 8.00. The van der Waals surface area contributed by atoms with Crippen molar-refractivity contribution < 1.29 is 9.53 Å². The Morgan fingerprint density at radius 2 is 1.96 bits per heavy atom. The van der Waals surface area contributed by atoms with E-state index in [4.69, 9.17) is 39.5 Å². The SMILES string of the molecule is COc1ccc(N2C(=O)CS[C@@H]2c2cccc(Cl)c2Cl)cc1Cl. The highest BCUT2D eigenvalue weighted by atomic mass is 35.5. The van der Waals surface area contributed by atoms with Crippen molar-refractivity contribution in [1.82, 2.24) is 0 Å². The van der Waals surface area contributed by atoms with Crippen LogP contribution in [0.1, 0.15) is 10.9 Å². The normalized spacial score (nSPS) is 17.7. The van der Waals surface area contributed by atoms with E-state index in [1.165, 1.54) is 11.8 Å². The van der Waals surface area contributed by atoms with Gasteiger partial charge >= 0.3 is 0 Å². The lowest BCUT2D eigenvalue weighted by Crippen LogP contribution is -2.28. The first-order valence-corrected chi connectivity index (χ1v) is 8.92. The molecule has 0 saturated carbocycles. The van der Waals surface area contributed by atoms with Crippen LogP contribution in [0.15, 0.2) is 36.4 Å². The summed E-state index contributed by atoms with van der Waals surface area (Å²) in [5, 5.41) is 1.15. The molecule has 0 spiro atoms. The minimum atomic E-state index is -0.238. The van der Waals surface area contributed by atoms with Crippen molar-refractivity contribution in [1.29, 1.82) is 0 Å². The molecule has 1 atom stereocenters. The molecule has 0 unspecified atom stereocenters. The Morgan fingerprint density at radius 3 is 2.65 bits per heavy atom. The molecule has 23 heavy (non-hydrogen) atoms. The van der Waals surface area contributed by atoms with E-state index in [0.29, 0.717) is 32.3 Å². The van der Waals surface area contributed by atoms with E-state index in [9.17, 15) is 4.79 Å². The molecule has 1 amide bonds. The van der Waals surface area contributed by atoms with Crippen LogP contribution in [0.3, 0.4) is 0 Å². The van der Waals surface area contributed by atoms with E-state index in [0.717, 1.165) is 5.56 Å². The van der Waals surface area contributed by atoms with Crippen LogP contribution < -0.4 is 9.64 Å². The van der Waals surface area contributed by atoms with E-state index in [1.807, 2.05) is 12.1 Å². The molecule has 7 heteroatoms. The second-order valence-corrected chi connectivity index (χ2v) is 7.15. The number of hydrogen-bond acceptors (Lipinski definition) is 3. The van der Waals surface area contributed by atoms with E-state index in [-0.39, 0.29) is 11.3 Å². The molecule has 0 N–H and O–H groups in total. The number of benzene rings is 2. The second kappa shape index (κ2) is 6.81. The van der Waals surface area contributed by atoms with Crippen LogP contribution in [0.25, 0.3) is 0 Å². The minimum absolute atomic E-state index is 0.00252. The molecule has 1 fully saturated rings. The van der Waals surface area contributed by atoms with E-state index < -0.39 is 0 Å². The van der Waals surface area contributed by atoms with Gasteiger partial charge in [-0.25, -0.2) is 0 Å². The molecule has 3 rings (SSSR count). The first-order chi connectivity index (χ1) is 11.0. The van der Waals surface area contributed by atoms with Crippen LogP contribution in [0.5, 0.6) is 5.75 Å². The average molecular weight is 389 g/mol. The number of ether oxygens (including phenoxy) is 1. The largest absolute Gasteiger partial charge is 0.495 e. The molecule has 1 aliphatic heterocycles. The molecule has 0 bridgehead atoms. The highest BCUT2D eigenvalue weighted by Crippen LogP contribution is 2.46. The van der Waals surface area contributed by atoms with Crippen molar-refractivity contribution in [2.24, 2.45) is 0 Å². The van der Waals surface area contributed by atoms with Gasteiger partial charge in [0.05, 0.1) is 27.9 Å². The third-order valence-electron chi connectivity index (χ3n) is 3.53. The Balaban J connectivity index is 2.03. The van der Waals surface area contributed by atoms with Crippen molar-refractivity contribution >= 4 is 58.2 Å². The third kappa shape index (κ3) is 3.13. The van der Waals surface area contributed by atoms with Gasteiger partial charge in [0.25, 0.3) is 0 Å². The topological polar surface area (TPSA) is 29.5 Å². The van der Waals surface area contributed by atoms with Gasteiger partial charge in [0.15, 0.2) is 0 Å². The van der Waals surface area contributed by atoms with Crippen molar-refractivity contribution in [2.45, 2.75) is 5.37 Å². The van der Waals surface area contributed by atoms with Gasteiger partial charge in [0.1, 0.15) is 11.1 Å². The Kier molecular flexibility index (Phi) is 4.97. The number of carbonyl (C=O) groups is 1. The average Bonchev–Trinajstić information content (AvgIpc) is 2.91. The quantitative estimate of drug-likeness (QED) is 0.701. The fourth-order valence-corrected chi connectivity index (χ4v) is 4.38. The minimum Gasteiger partial charge on any atom is -0.495 e. The zero-order valence-electron chi connectivity index (χ0n) is 12.1. The maximum atomic E-state index is 12.4. The van der Waals surface area contributed by atoms with E-state index in [2.05, 4.69) is 0 Å². The maximum Gasteiger partial charge on any atom is 0.238 e. The number of rotatable bonds is 3. The Morgan fingerprint density at radius 1 is 1.17 bits per heavy atom. The first kappa shape index (κ1) is 16.8. The van der Waals surface area contributed by atoms with Crippen molar-refractivity contribution in [3.05, 3.63) is 57.0 Å². The van der Waals surface area contributed by atoms with E-state index >= 15 is 0 Å². The number of carbonyl (C=O) groups excluding carboxylic acids is 1. The Labute approximate surface area is 153 Å². The lowest BCUT2D eigenvalue weighted by atomic mass is 10.2. The van der Waals surface area contributed by atoms with Crippen LogP contribution in [-0.4, -0.2) is 18.8 Å². The molecule has 0 aromatic heterocycles. The molecule has 0 aliphatic carbocycles. The summed E-state index contributed by atoms with van der Waals surface area (Å²) in [7, 11) is 1.55. The van der Waals surface area contributed by atoms with Crippen LogP contribution in [0.2, 0.25) is 15.1 Å². The number of thioether (sulfide) groups is 1. The summed E-state index contributed by atoms with van der Waals surface area (Å²) in [4.78, 5) is 14.1. The zero-order valence-corrected chi connectivity index (χ0v) is 15.1. The Hall–Kier alpha value is -1.07. The van der Waals surface area contributed by atoms with Crippen LogP contribution in [-0.2, 0) is 4.79 Å². The molecular weight excluding hydrogens is 377 g/mol. The molecule has 1 aliphatic rings. The summed E-state index contributed by atoms with van der Waals surface area (Å²) < 4.78 is 5.16. The van der Waals surface area contributed by atoms with Gasteiger partial charge in [-0.1, -0.05) is 46.9 Å². The van der Waals surface area contributed by atoms with Crippen molar-refractivity contribution in [3.8, 4) is 5.75 Å². The predicted octanol–water partition coefficient (Wildman–Crippen LogP) is 5.43. The molecular formula is C16H12Cl3NO2S. The Bertz CT molecular complexity index is 769. The summed E-state index contributed by atoms with van der Waals surface area (Å²) >= 11 is 20.1. The summed E-state index contributed by atoms with van der Waals surface area (Å²) in [6.07, 6.45) is 0. The maximum absolute atomic E-state index is 12.4. The van der Waals surface area contributed by atoms with Gasteiger partial charge in [-0.2, -0.15) is 0 Å². The number of anilines is 1. The van der Waals surface area contributed by atoms with E-state index in [1.54, 1.807) is 36.3 Å². The predicted molar refractivity (Wildman–Crippen MR) is 97.2 cm³/mol. The number of amides is 1. The van der Waals surface area contributed by atoms with Gasteiger partial charge in [-0.3, -0.25) is 9.69 Å². The smallest absolute Gasteiger partial charge is 0.238 e. The molecule has 2 aromatic rings. The van der Waals surface area contributed by atoms with Gasteiger partial charge in [-0.05, 0) is 24.3 Å². The van der Waals surface area contributed by atoms with Gasteiger partial charge in [0, 0.05) is 11.3 Å². The lowest BCUT2D eigenvalue weighted by Gasteiger charge is -2.25. The molecule has 3 nitrogen and oxygen atoms in total. The summed E-state index contributed by atoms with van der Waals surface area (Å²) in [6, 6.07) is 10.7. The van der Waals surface area contributed by atoms with Crippen LogP contribution >= 0.6 is 46.6 Å². The van der Waals surface area contributed by atoms with Crippen LogP contribution in [0, 0.1) is 0 Å². The number of hydrogen-bond donors (Lipinski definition) is 0. The monoisotopic (exact) mass is 387 g/mol. The van der Waals surface area contributed by atoms with Gasteiger partial charge in [-0.15, -0.1) is 11.8 Å². The van der Waals surface area contributed by atoms with Crippen LogP contribution in [0.4, 0.5) is 5.69 Å². The van der Waals surface area contributed by atoms with Crippen molar-refractivity contribution in [3.63, 3.8) is 0 Å². The number of halogens is 3. The third-order valence-corrected chi connectivity index (χ3v) is 5.85. The summed E-state index contributed by atoms with van der Waals surface area (Å²) in [5.41, 5.74) is 1.51. The summed E-state index contributed by atoms with van der Waals surface area (Å²) in [5.74, 6) is 0.932. The molecule has 2 aromatic carbocycles. The van der Waals surface area contributed by atoms with Gasteiger partial charge in [0.2, 0.25) is 5.91 Å². The fourth-order valence-electron chi connectivity index (χ4n) is 2.45. The first-order valence-electron chi connectivity index (χ1n) is 6.74. The lowest BCUT2D eigenvalue weighted by molar-refractivity contribution is -0.115. The molecule has 0 radical (unpaired) electrons. The number of nitrogens with zero attached hydrogens (tertiary/aromatic N) is 1. The number of methoxy groups -OCH3 is 1. The molecule has 1 saturated heterocycles. The van der Waals surface area contributed by atoms with Gasteiger partial charge < -0.3 is 4.74 Å². The van der Waals surface area contributed by atoms with Crippen molar-refractivity contribution in [2.75, 3.05) is 17.8 Å². The fraction of sp³-hybridized carbons (Fsp3) is 0.188. The summed E-state index contributed by atoms with van der Waals surface area (Å²) in [6.45, 7) is 0. The standard InChI is InChI=1S/C16H12Cl3NO2S/c1-22-13-6-5-9(7-12(13)18)20-14(21)8-23-16(20)10-3-2-4-11(17)15(10)19/h2-7,16H,8H2,1H3/t16-/m1/s1. The molecule has 120 valence electrons.